The Labute approximate surface area is 174 Å². The van der Waals surface area contributed by atoms with Gasteiger partial charge in [0.1, 0.15) is 6.04 Å². The highest BCUT2D eigenvalue weighted by atomic mass is 35.5. The predicted molar refractivity (Wildman–Crippen MR) is 112 cm³/mol. The molecule has 1 aromatic rings. The quantitative estimate of drug-likeness (QED) is 0.177. The molecule has 0 aliphatic rings. The highest BCUT2D eigenvalue weighted by Crippen LogP contribution is 2.16. The lowest BCUT2D eigenvalue weighted by molar-refractivity contribution is -0.151. The summed E-state index contributed by atoms with van der Waals surface area (Å²) in [5.41, 5.74) is 1.08. The first-order chi connectivity index (χ1) is 13.6. The van der Waals surface area contributed by atoms with Gasteiger partial charge in [0.15, 0.2) is 0 Å². The van der Waals surface area contributed by atoms with Gasteiger partial charge < -0.3 is 9.47 Å². The molecule has 1 aromatic carbocycles. The number of carbonyl (C=O) groups excluding carboxylic acids is 2. The highest BCUT2D eigenvalue weighted by Gasteiger charge is 2.27. The van der Waals surface area contributed by atoms with Crippen LogP contribution in [0.2, 0.25) is 0 Å². The van der Waals surface area contributed by atoms with Crippen molar-refractivity contribution >= 4 is 23.5 Å². The molecule has 0 N–H and O–H groups in total. The second-order valence-electron chi connectivity index (χ2n) is 6.86. The summed E-state index contributed by atoms with van der Waals surface area (Å²) in [4.78, 5) is 26.4. The zero-order valence-electron chi connectivity index (χ0n) is 17.2. The van der Waals surface area contributed by atoms with E-state index in [9.17, 15) is 9.59 Å². The van der Waals surface area contributed by atoms with Crippen LogP contribution in [0.3, 0.4) is 0 Å². The maximum atomic E-state index is 12.7. The molecule has 0 aliphatic carbocycles. The second kappa shape index (κ2) is 15.3. The van der Waals surface area contributed by atoms with Crippen LogP contribution in [0.5, 0.6) is 0 Å². The SMILES string of the molecule is CCCCOC(=O)CCCC(C(=O)OCCCC)N(CCl)Cc1ccccc1. The van der Waals surface area contributed by atoms with E-state index >= 15 is 0 Å². The van der Waals surface area contributed by atoms with Crippen molar-refractivity contribution in [1.82, 2.24) is 4.90 Å². The fourth-order valence-corrected chi connectivity index (χ4v) is 3.01. The number of benzene rings is 1. The van der Waals surface area contributed by atoms with Gasteiger partial charge in [0, 0.05) is 13.0 Å². The molecule has 0 aliphatic heterocycles. The first-order valence-electron chi connectivity index (χ1n) is 10.3. The van der Waals surface area contributed by atoms with Crippen LogP contribution in [-0.4, -0.2) is 42.1 Å². The zero-order valence-corrected chi connectivity index (χ0v) is 18.0. The molecule has 28 heavy (non-hydrogen) atoms. The molecule has 0 amide bonds. The van der Waals surface area contributed by atoms with E-state index in [0.29, 0.717) is 39.0 Å². The summed E-state index contributed by atoms with van der Waals surface area (Å²) in [7, 11) is 0. The third-order valence-corrected chi connectivity index (χ3v) is 4.76. The molecule has 1 rings (SSSR count). The maximum Gasteiger partial charge on any atom is 0.323 e. The summed E-state index contributed by atoms with van der Waals surface area (Å²) in [5.74, 6) is -0.489. The Kier molecular flexibility index (Phi) is 13.4. The van der Waals surface area contributed by atoms with Crippen LogP contribution in [-0.2, 0) is 25.6 Å². The van der Waals surface area contributed by atoms with Gasteiger partial charge in [-0.3, -0.25) is 14.5 Å². The second-order valence-corrected chi connectivity index (χ2v) is 7.09. The van der Waals surface area contributed by atoms with Gasteiger partial charge in [-0.2, -0.15) is 0 Å². The normalized spacial score (nSPS) is 12.0. The number of ether oxygens (including phenoxy) is 2. The molecule has 6 heteroatoms. The van der Waals surface area contributed by atoms with E-state index in [1.807, 2.05) is 35.2 Å². The van der Waals surface area contributed by atoms with Gasteiger partial charge in [-0.1, -0.05) is 57.0 Å². The van der Waals surface area contributed by atoms with Gasteiger partial charge in [0.2, 0.25) is 0 Å². The molecule has 1 unspecified atom stereocenters. The standard InChI is InChI=1S/C22H34ClNO4/c1-3-5-15-27-21(25)14-10-13-20(22(26)28-16-6-4-2)24(18-23)17-19-11-8-7-9-12-19/h7-9,11-12,20H,3-6,10,13-18H2,1-2H3. The molecule has 0 bridgehead atoms. The van der Waals surface area contributed by atoms with E-state index in [4.69, 9.17) is 21.1 Å². The number of alkyl halides is 1. The van der Waals surface area contributed by atoms with Crippen molar-refractivity contribution in [2.45, 2.75) is 71.4 Å². The van der Waals surface area contributed by atoms with Gasteiger partial charge in [0.05, 0.1) is 19.2 Å². The number of rotatable bonds is 15. The Bertz CT molecular complexity index is 553. The molecule has 0 spiro atoms. The van der Waals surface area contributed by atoms with E-state index < -0.39 is 6.04 Å². The number of unbranched alkanes of at least 4 members (excludes halogenated alkanes) is 2. The summed E-state index contributed by atoms with van der Waals surface area (Å²) in [6, 6.07) is 9.62. The maximum absolute atomic E-state index is 12.7. The van der Waals surface area contributed by atoms with E-state index in [1.54, 1.807) is 0 Å². The fourth-order valence-electron chi connectivity index (χ4n) is 2.76. The van der Waals surface area contributed by atoms with Crippen molar-refractivity contribution < 1.29 is 19.1 Å². The Morgan fingerprint density at radius 3 is 2.25 bits per heavy atom. The first kappa shape index (κ1) is 24.4. The molecular weight excluding hydrogens is 378 g/mol. The van der Waals surface area contributed by atoms with Crippen molar-refractivity contribution in [3.8, 4) is 0 Å². The number of halogens is 1. The average Bonchev–Trinajstić information content (AvgIpc) is 2.71. The molecular formula is C22H34ClNO4. The van der Waals surface area contributed by atoms with Crippen LogP contribution in [0.25, 0.3) is 0 Å². The molecule has 0 saturated heterocycles. The average molecular weight is 412 g/mol. The van der Waals surface area contributed by atoms with Crippen LogP contribution in [0.4, 0.5) is 0 Å². The minimum Gasteiger partial charge on any atom is -0.466 e. The third-order valence-electron chi connectivity index (χ3n) is 4.46. The number of hydrogen-bond acceptors (Lipinski definition) is 5. The Morgan fingerprint density at radius 1 is 1.00 bits per heavy atom. The van der Waals surface area contributed by atoms with Gasteiger partial charge in [-0.25, -0.2) is 0 Å². The molecule has 0 fully saturated rings. The number of carbonyl (C=O) groups is 2. The van der Waals surface area contributed by atoms with Crippen LogP contribution in [0, 0.1) is 0 Å². The van der Waals surface area contributed by atoms with Crippen LogP contribution >= 0.6 is 11.6 Å². The number of nitrogens with zero attached hydrogens (tertiary/aromatic N) is 1. The minimum absolute atomic E-state index is 0.212. The summed E-state index contributed by atoms with van der Waals surface area (Å²) in [6.07, 6.45) is 5.02. The number of hydrogen-bond donors (Lipinski definition) is 0. The van der Waals surface area contributed by atoms with Crippen molar-refractivity contribution in [2.24, 2.45) is 0 Å². The van der Waals surface area contributed by atoms with Crippen LogP contribution < -0.4 is 0 Å². The minimum atomic E-state index is -0.474. The van der Waals surface area contributed by atoms with Crippen molar-refractivity contribution in [2.75, 3.05) is 19.2 Å². The summed E-state index contributed by atoms with van der Waals surface area (Å²) in [5, 5.41) is 0. The molecule has 1 atom stereocenters. The summed E-state index contributed by atoms with van der Waals surface area (Å²) >= 11 is 6.17. The van der Waals surface area contributed by atoms with E-state index in [-0.39, 0.29) is 17.9 Å². The van der Waals surface area contributed by atoms with Gasteiger partial charge in [0.25, 0.3) is 0 Å². The molecule has 158 valence electrons. The smallest absolute Gasteiger partial charge is 0.323 e. The van der Waals surface area contributed by atoms with Crippen molar-refractivity contribution in [1.29, 1.82) is 0 Å². The van der Waals surface area contributed by atoms with Gasteiger partial charge in [-0.05, 0) is 31.2 Å². The third kappa shape index (κ3) is 10.1. The Balaban J connectivity index is 2.65. The zero-order chi connectivity index (χ0) is 20.6. The van der Waals surface area contributed by atoms with Crippen molar-refractivity contribution in [3.63, 3.8) is 0 Å². The molecule has 0 heterocycles. The monoisotopic (exact) mass is 411 g/mol. The summed E-state index contributed by atoms with van der Waals surface area (Å²) in [6.45, 7) is 5.52. The van der Waals surface area contributed by atoms with E-state index in [2.05, 4.69) is 13.8 Å². The molecule has 0 aromatic heterocycles. The van der Waals surface area contributed by atoms with Crippen LogP contribution in [0.1, 0.15) is 64.4 Å². The van der Waals surface area contributed by atoms with E-state index in [0.717, 1.165) is 31.2 Å². The fraction of sp³-hybridized carbons (Fsp3) is 0.636. The van der Waals surface area contributed by atoms with Crippen molar-refractivity contribution in [3.05, 3.63) is 35.9 Å². The summed E-state index contributed by atoms with van der Waals surface area (Å²) < 4.78 is 10.6. The lowest BCUT2D eigenvalue weighted by atomic mass is 10.1. The van der Waals surface area contributed by atoms with Gasteiger partial charge >= 0.3 is 11.9 Å². The van der Waals surface area contributed by atoms with E-state index in [1.165, 1.54) is 0 Å². The lowest BCUT2D eigenvalue weighted by Gasteiger charge is -2.28. The molecule has 0 saturated carbocycles. The Hall–Kier alpha value is -1.59. The topological polar surface area (TPSA) is 55.8 Å². The highest BCUT2D eigenvalue weighted by molar-refractivity contribution is 6.17. The van der Waals surface area contributed by atoms with Crippen LogP contribution in [0.15, 0.2) is 30.3 Å². The predicted octanol–water partition coefficient (Wildman–Crippen LogP) is 4.91. The largest absolute Gasteiger partial charge is 0.466 e. The number of esters is 2. The lowest BCUT2D eigenvalue weighted by Crippen LogP contribution is -2.41. The molecule has 0 radical (unpaired) electrons. The Morgan fingerprint density at radius 2 is 1.64 bits per heavy atom. The van der Waals surface area contributed by atoms with Gasteiger partial charge in [-0.15, -0.1) is 11.6 Å². The first-order valence-corrected chi connectivity index (χ1v) is 10.8. The molecule has 5 nitrogen and oxygen atoms in total.